The standard InChI is InChI=1S/C13H14N2O6/c1-9(13(18)19)2-3-10(21-12(17)5-7-15)8-20-11(16)4-6-14/h2,10H,3-5,8H2,1H3,(H,18,19). The van der Waals surface area contributed by atoms with Gasteiger partial charge >= 0.3 is 17.9 Å². The second-order valence-electron chi connectivity index (χ2n) is 3.89. The third-order valence-corrected chi connectivity index (χ3v) is 2.20. The van der Waals surface area contributed by atoms with Gasteiger partial charge in [0.1, 0.15) is 25.6 Å². The lowest BCUT2D eigenvalue weighted by Gasteiger charge is -2.15. The zero-order valence-corrected chi connectivity index (χ0v) is 11.4. The number of rotatable bonds is 8. The van der Waals surface area contributed by atoms with Crippen LogP contribution in [0.25, 0.3) is 0 Å². The molecule has 1 atom stereocenters. The highest BCUT2D eigenvalue weighted by atomic mass is 16.6. The number of hydrogen-bond donors (Lipinski definition) is 1. The van der Waals surface area contributed by atoms with E-state index in [1.165, 1.54) is 13.0 Å². The predicted molar refractivity (Wildman–Crippen MR) is 67.3 cm³/mol. The summed E-state index contributed by atoms with van der Waals surface area (Å²) in [4.78, 5) is 32.9. The van der Waals surface area contributed by atoms with Gasteiger partial charge in [-0.05, 0) is 6.92 Å². The topological polar surface area (TPSA) is 137 Å². The third kappa shape index (κ3) is 8.78. The summed E-state index contributed by atoms with van der Waals surface area (Å²) in [5, 5.41) is 25.4. The van der Waals surface area contributed by atoms with Gasteiger partial charge in [-0.3, -0.25) is 9.59 Å². The molecule has 0 amide bonds. The smallest absolute Gasteiger partial charge is 0.330 e. The molecule has 8 nitrogen and oxygen atoms in total. The lowest BCUT2D eigenvalue weighted by molar-refractivity contribution is -0.157. The Kier molecular flexibility index (Phi) is 8.62. The summed E-state index contributed by atoms with van der Waals surface area (Å²) in [5.41, 5.74) is 0.0414. The highest BCUT2D eigenvalue weighted by Crippen LogP contribution is 2.07. The number of nitrogens with zero attached hydrogens (tertiary/aromatic N) is 2. The van der Waals surface area contributed by atoms with Gasteiger partial charge in [-0.25, -0.2) is 4.79 Å². The van der Waals surface area contributed by atoms with E-state index < -0.39 is 36.9 Å². The Hall–Kier alpha value is -2.87. The van der Waals surface area contributed by atoms with Gasteiger partial charge in [-0.1, -0.05) is 6.08 Å². The molecule has 0 aromatic heterocycles. The van der Waals surface area contributed by atoms with Crippen LogP contribution in [0.1, 0.15) is 26.2 Å². The second kappa shape index (κ2) is 9.98. The van der Waals surface area contributed by atoms with Crippen molar-refractivity contribution in [3.8, 4) is 12.1 Å². The van der Waals surface area contributed by atoms with Crippen LogP contribution in [-0.2, 0) is 23.9 Å². The predicted octanol–water partition coefficient (Wildman–Crippen LogP) is 0.690. The van der Waals surface area contributed by atoms with E-state index in [1.54, 1.807) is 12.1 Å². The maximum Gasteiger partial charge on any atom is 0.330 e. The molecule has 1 N–H and O–H groups in total. The largest absolute Gasteiger partial charge is 0.478 e. The molecule has 0 saturated heterocycles. The average Bonchev–Trinajstić information content (AvgIpc) is 2.41. The molecule has 21 heavy (non-hydrogen) atoms. The summed E-state index contributed by atoms with van der Waals surface area (Å²) in [6.45, 7) is 1.04. The number of carboxylic acids is 1. The number of ether oxygens (including phenoxy) is 2. The zero-order valence-electron chi connectivity index (χ0n) is 11.4. The normalized spacial score (nSPS) is 11.7. The van der Waals surface area contributed by atoms with Crippen LogP contribution in [0.2, 0.25) is 0 Å². The van der Waals surface area contributed by atoms with Gasteiger partial charge in [-0.15, -0.1) is 0 Å². The van der Waals surface area contributed by atoms with Crippen molar-refractivity contribution in [2.75, 3.05) is 6.61 Å². The number of aliphatic carboxylic acids is 1. The molecule has 0 aliphatic carbocycles. The number of carbonyl (C=O) groups is 3. The molecule has 112 valence electrons. The van der Waals surface area contributed by atoms with Crippen molar-refractivity contribution in [1.82, 2.24) is 0 Å². The van der Waals surface area contributed by atoms with E-state index in [4.69, 9.17) is 25.1 Å². The van der Waals surface area contributed by atoms with Crippen LogP contribution in [0.4, 0.5) is 0 Å². The average molecular weight is 294 g/mol. The lowest BCUT2D eigenvalue weighted by Crippen LogP contribution is -2.24. The molecular formula is C13H14N2O6. The van der Waals surface area contributed by atoms with E-state index in [9.17, 15) is 14.4 Å². The van der Waals surface area contributed by atoms with Crippen molar-refractivity contribution in [2.24, 2.45) is 0 Å². The lowest BCUT2D eigenvalue weighted by atomic mass is 10.2. The van der Waals surface area contributed by atoms with Crippen molar-refractivity contribution in [3.05, 3.63) is 11.6 Å². The summed E-state index contributed by atoms with van der Waals surface area (Å²) >= 11 is 0. The molecule has 0 aromatic carbocycles. The monoisotopic (exact) mass is 294 g/mol. The number of carboxylic acid groups (broad SMARTS) is 1. The molecule has 0 aliphatic rings. The van der Waals surface area contributed by atoms with Gasteiger partial charge in [0.2, 0.25) is 0 Å². The van der Waals surface area contributed by atoms with Crippen LogP contribution in [-0.4, -0.2) is 35.7 Å². The number of esters is 2. The van der Waals surface area contributed by atoms with Gasteiger partial charge in [0.15, 0.2) is 0 Å². The first-order chi connectivity index (χ1) is 9.90. The van der Waals surface area contributed by atoms with Crippen molar-refractivity contribution < 1.29 is 29.0 Å². The molecular weight excluding hydrogens is 280 g/mol. The Morgan fingerprint density at radius 2 is 1.76 bits per heavy atom. The Bertz CT molecular complexity index is 512. The van der Waals surface area contributed by atoms with Crippen molar-refractivity contribution >= 4 is 17.9 Å². The van der Waals surface area contributed by atoms with E-state index >= 15 is 0 Å². The minimum absolute atomic E-state index is 0.00906. The maximum atomic E-state index is 11.2. The van der Waals surface area contributed by atoms with E-state index in [2.05, 4.69) is 0 Å². The number of nitriles is 2. The van der Waals surface area contributed by atoms with Gasteiger partial charge < -0.3 is 14.6 Å². The first-order valence-electron chi connectivity index (χ1n) is 5.89. The Morgan fingerprint density at radius 1 is 1.19 bits per heavy atom. The third-order valence-electron chi connectivity index (χ3n) is 2.20. The quantitative estimate of drug-likeness (QED) is 0.509. The highest BCUT2D eigenvalue weighted by Gasteiger charge is 2.16. The van der Waals surface area contributed by atoms with Crippen LogP contribution in [0, 0.1) is 22.7 Å². The molecule has 0 radical (unpaired) electrons. The fraction of sp³-hybridized carbons (Fsp3) is 0.462. The fourth-order valence-corrected chi connectivity index (χ4v) is 1.14. The molecule has 0 spiro atoms. The molecule has 0 aromatic rings. The van der Waals surface area contributed by atoms with Gasteiger partial charge in [-0.2, -0.15) is 10.5 Å². The Balaban J connectivity index is 4.62. The first kappa shape index (κ1) is 18.1. The van der Waals surface area contributed by atoms with E-state index in [0.717, 1.165) is 0 Å². The SMILES string of the molecule is CC(=CCC(COC(=O)CC#N)OC(=O)CC#N)C(=O)O. The number of hydrogen-bond acceptors (Lipinski definition) is 7. The highest BCUT2D eigenvalue weighted by molar-refractivity contribution is 5.85. The summed E-state index contributed by atoms with van der Waals surface area (Å²) in [6.07, 6.45) is -0.504. The Labute approximate surface area is 121 Å². The molecule has 0 saturated carbocycles. The molecule has 0 fully saturated rings. The van der Waals surface area contributed by atoms with Crippen molar-refractivity contribution in [1.29, 1.82) is 10.5 Å². The zero-order chi connectivity index (χ0) is 16.3. The van der Waals surface area contributed by atoms with Gasteiger partial charge in [0.25, 0.3) is 0 Å². The summed E-state index contributed by atoms with van der Waals surface area (Å²) in [6, 6.07) is 3.21. The summed E-state index contributed by atoms with van der Waals surface area (Å²) < 4.78 is 9.61. The maximum absolute atomic E-state index is 11.2. The van der Waals surface area contributed by atoms with Crippen LogP contribution >= 0.6 is 0 Å². The minimum Gasteiger partial charge on any atom is -0.478 e. The van der Waals surface area contributed by atoms with E-state index in [-0.39, 0.29) is 18.6 Å². The van der Waals surface area contributed by atoms with Crippen LogP contribution in [0.15, 0.2) is 11.6 Å². The second-order valence-corrected chi connectivity index (χ2v) is 3.89. The summed E-state index contributed by atoms with van der Waals surface area (Å²) in [7, 11) is 0. The first-order valence-corrected chi connectivity index (χ1v) is 5.89. The van der Waals surface area contributed by atoms with Gasteiger partial charge in [0.05, 0.1) is 12.1 Å². The summed E-state index contributed by atoms with van der Waals surface area (Å²) in [5.74, 6) is -2.71. The molecule has 0 aliphatic heterocycles. The molecule has 1 unspecified atom stereocenters. The van der Waals surface area contributed by atoms with Crippen LogP contribution < -0.4 is 0 Å². The molecule has 8 heteroatoms. The fourth-order valence-electron chi connectivity index (χ4n) is 1.14. The Morgan fingerprint density at radius 3 is 2.29 bits per heavy atom. The molecule has 0 heterocycles. The van der Waals surface area contributed by atoms with Crippen molar-refractivity contribution in [2.45, 2.75) is 32.3 Å². The van der Waals surface area contributed by atoms with Crippen LogP contribution in [0.3, 0.4) is 0 Å². The van der Waals surface area contributed by atoms with Crippen molar-refractivity contribution in [3.63, 3.8) is 0 Å². The number of carbonyl (C=O) groups excluding carboxylic acids is 2. The molecule has 0 rings (SSSR count). The van der Waals surface area contributed by atoms with Crippen LogP contribution in [0.5, 0.6) is 0 Å². The molecule has 0 bridgehead atoms. The van der Waals surface area contributed by atoms with E-state index in [1.807, 2.05) is 0 Å². The minimum atomic E-state index is -1.13. The van der Waals surface area contributed by atoms with E-state index in [0.29, 0.717) is 0 Å². The van der Waals surface area contributed by atoms with Gasteiger partial charge in [0, 0.05) is 12.0 Å².